The molecule has 0 aliphatic heterocycles. The summed E-state index contributed by atoms with van der Waals surface area (Å²) < 4.78 is 10.7. The molecule has 0 radical (unpaired) electrons. The van der Waals surface area contributed by atoms with Crippen LogP contribution in [0.2, 0.25) is 0 Å². The minimum Gasteiger partial charge on any atom is -0.479 e. The molecule has 0 saturated heterocycles. The molecule has 3 rings (SSSR count). The van der Waals surface area contributed by atoms with Gasteiger partial charge in [0.1, 0.15) is 17.6 Å². The zero-order chi connectivity index (χ0) is 13.8. The molecule has 1 unspecified atom stereocenters. The predicted molar refractivity (Wildman–Crippen MR) is 75.6 cm³/mol. The van der Waals surface area contributed by atoms with E-state index in [9.17, 15) is 0 Å². The van der Waals surface area contributed by atoms with E-state index in [1.54, 1.807) is 6.26 Å². The molecule has 1 aliphatic carbocycles. The van der Waals surface area contributed by atoms with Gasteiger partial charge >= 0.3 is 0 Å². The molecular weight excluding hydrogens is 252 g/mol. The van der Waals surface area contributed by atoms with E-state index in [-0.39, 0.29) is 6.61 Å². The van der Waals surface area contributed by atoms with Crippen molar-refractivity contribution in [2.75, 3.05) is 11.9 Å². The zero-order valence-corrected chi connectivity index (χ0v) is 11.1. The van der Waals surface area contributed by atoms with E-state index in [0.29, 0.717) is 11.8 Å². The minimum absolute atomic E-state index is 0.0772. The second-order valence-corrected chi connectivity index (χ2v) is 4.86. The average Bonchev–Trinajstić information content (AvgIpc) is 2.96. The number of nitrogens with zero attached hydrogens (tertiary/aromatic N) is 1. The topological polar surface area (TPSA) is 58.2 Å². The number of rotatable bonds is 4. The SMILES string of the molecule is N#CCOc1ccc(NC2CCCc3occc32)cc1. The van der Waals surface area contributed by atoms with Gasteiger partial charge in [0.2, 0.25) is 0 Å². The fraction of sp³-hybridized carbons (Fsp3) is 0.312. The van der Waals surface area contributed by atoms with Crippen LogP contribution in [0.3, 0.4) is 0 Å². The van der Waals surface area contributed by atoms with Gasteiger partial charge in [-0.1, -0.05) is 0 Å². The van der Waals surface area contributed by atoms with E-state index in [1.807, 2.05) is 30.3 Å². The smallest absolute Gasteiger partial charge is 0.174 e. The molecule has 1 aliphatic rings. The Balaban J connectivity index is 1.69. The molecule has 2 aromatic rings. The first-order valence-corrected chi connectivity index (χ1v) is 6.79. The van der Waals surface area contributed by atoms with Crippen molar-refractivity contribution in [2.45, 2.75) is 25.3 Å². The first-order chi connectivity index (χ1) is 9.86. The van der Waals surface area contributed by atoms with Crippen molar-refractivity contribution in [3.63, 3.8) is 0 Å². The molecule has 1 aromatic carbocycles. The summed E-state index contributed by atoms with van der Waals surface area (Å²) in [5.74, 6) is 1.81. The first-order valence-electron chi connectivity index (χ1n) is 6.79. The molecule has 0 bridgehead atoms. The molecule has 1 aromatic heterocycles. The van der Waals surface area contributed by atoms with E-state index < -0.39 is 0 Å². The summed E-state index contributed by atoms with van der Waals surface area (Å²) in [6.45, 7) is 0.0772. The van der Waals surface area contributed by atoms with Crippen LogP contribution in [0.4, 0.5) is 5.69 Å². The second kappa shape index (κ2) is 5.70. The summed E-state index contributed by atoms with van der Waals surface area (Å²) in [6, 6.07) is 12.0. The van der Waals surface area contributed by atoms with E-state index >= 15 is 0 Å². The molecule has 0 saturated carbocycles. The van der Waals surface area contributed by atoms with Crippen LogP contribution < -0.4 is 10.1 Å². The maximum absolute atomic E-state index is 8.47. The van der Waals surface area contributed by atoms with Crippen molar-refractivity contribution in [2.24, 2.45) is 0 Å². The van der Waals surface area contributed by atoms with Crippen LogP contribution in [0.1, 0.15) is 30.2 Å². The van der Waals surface area contributed by atoms with Crippen LogP contribution in [0.15, 0.2) is 41.0 Å². The van der Waals surface area contributed by atoms with Gasteiger partial charge in [0.25, 0.3) is 0 Å². The predicted octanol–water partition coefficient (Wildman–Crippen LogP) is 3.67. The molecule has 0 amide bonds. The molecule has 0 fully saturated rings. The number of fused-ring (bicyclic) bond motifs is 1. The fourth-order valence-electron chi connectivity index (χ4n) is 2.60. The Morgan fingerprint density at radius 1 is 1.30 bits per heavy atom. The lowest BCUT2D eigenvalue weighted by atomic mass is 9.93. The summed E-state index contributed by atoms with van der Waals surface area (Å²) >= 11 is 0. The molecule has 0 spiro atoms. The maximum Gasteiger partial charge on any atom is 0.174 e. The number of ether oxygens (including phenoxy) is 1. The molecule has 4 heteroatoms. The quantitative estimate of drug-likeness (QED) is 0.919. The normalized spacial score (nSPS) is 17.1. The number of anilines is 1. The molecule has 4 nitrogen and oxygen atoms in total. The van der Waals surface area contributed by atoms with E-state index in [1.165, 1.54) is 5.56 Å². The van der Waals surface area contributed by atoms with E-state index in [4.69, 9.17) is 14.4 Å². The molecule has 1 heterocycles. The molecule has 1 atom stereocenters. The van der Waals surface area contributed by atoms with Crippen molar-refractivity contribution >= 4 is 5.69 Å². The van der Waals surface area contributed by atoms with Crippen LogP contribution >= 0.6 is 0 Å². The van der Waals surface area contributed by atoms with Gasteiger partial charge in [-0.25, -0.2) is 0 Å². The summed E-state index contributed by atoms with van der Waals surface area (Å²) in [7, 11) is 0. The molecule has 1 N–H and O–H groups in total. The fourth-order valence-corrected chi connectivity index (χ4v) is 2.60. The van der Waals surface area contributed by atoms with Crippen LogP contribution in [-0.2, 0) is 6.42 Å². The van der Waals surface area contributed by atoms with Gasteiger partial charge < -0.3 is 14.5 Å². The lowest BCUT2D eigenvalue weighted by molar-refractivity contribution is 0.368. The number of nitriles is 1. The Morgan fingerprint density at radius 3 is 2.95 bits per heavy atom. The number of furan rings is 1. The highest BCUT2D eigenvalue weighted by atomic mass is 16.5. The number of hydrogen-bond acceptors (Lipinski definition) is 4. The second-order valence-electron chi connectivity index (χ2n) is 4.86. The first kappa shape index (κ1) is 12.6. The molecule has 102 valence electrons. The highest BCUT2D eigenvalue weighted by molar-refractivity contribution is 5.49. The lowest BCUT2D eigenvalue weighted by Gasteiger charge is -2.23. The third-order valence-electron chi connectivity index (χ3n) is 3.55. The molecular formula is C16H16N2O2. The van der Waals surface area contributed by atoms with Gasteiger partial charge in [-0.05, 0) is 43.2 Å². The van der Waals surface area contributed by atoms with E-state index in [0.717, 1.165) is 30.7 Å². The highest BCUT2D eigenvalue weighted by Gasteiger charge is 2.22. The lowest BCUT2D eigenvalue weighted by Crippen LogP contribution is -2.15. The Labute approximate surface area is 118 Å². The van der Waals surface area contributed by atoms with E-state index in [2.05, 4.69) is 11.4 Å². The number of aryl methyl sites for hydroxylation is 1. The maximum atomic E-state index is 8.47. The summed E-state index contributed by atoms with van der Waals surface area (Å²) in [5, 5.41) is 12.0. The van der Waals surface area contributed by atoms with Gasteiger partial charge in [-0.3, -0.25) is 0 Å². The highest BCUT2D eigenvalue weighted by Crippen LogP contribution is 2.33. The summed E-state index contributed by atoms with van der Waals surface area (Å²) in [4.78, 5) is 0. The monoisotopic (exact) mass is 268 g/mol. The number of benzene rings is 1. The Bertz CT molecular complexity index is 610. The third kappa shape index (κ3) is 2.62. The summed E-state index contributed by atoms with van der Waals surface area (Å²) in [6.07, 6.45) is 5.05. The average molecular weight is 268 g/mol. The standard InChI is InChI=1S/C16H16N2O2/c17-9-11-19-13-6-4-12(5-7-13)18-15-2-1-3-16-14(15)8-10-20-16/h4-8,10,15,18H,1-3,11H2. The number of nitrogens with one attached hydrogen (secondary N) is 1. The van der Waals surface area contributed by atoms with Crippen LogP contribution in [-0.4, -0.2) is 6.61 Å². The van der Waals surface area contributed by atoms with Crippen LogP contribution in [0, 0.1) is 11.3 Å². The third-order valence-corrected chi connectivity index (χ3v) is 3.55. The van der Waals surface area contributed by atoms with Crippen LogP contribution in [0.25, 0.3) is 0 Å². The van der Waals surface area contributed by atoms with Gasteiger partial charge in [0.15, 0.2) is 6.61 Å². The minimum atomic E-state index is 0.0772. The summed E-state index contributed by atoms with van der Waals surface area (Å²) in [5.41, 5.74) is 2.31. The largest absolute Gasteiger partial charge is 0.479 e. The van der Waals surface area contributed by atoms with Crippen molar-refractivity contribution in [1.29, 1.82) is 5.26 Å². The van der Waals surface area contributed by atoms with Crippen molar-refractivity contribution < 1.29 is 9.15 Å². The van der Waals surface area contributed by atoms with Crippen LogP contribution in [0.5, 0.6) is 5.75 Å². The number of hydrogen-bond donors (Lipinski definition) is 1. The van der Waals surface area contributed by atoms with Gasteiger partial charge in [0.05, 0.1) is 12.3 Å². The Morgan fingerprint density at radius 2 is 2.15 bits per heavy atom. The Kier molecular flexibility index (Phi) is 3.60. The van der Waals surface area contributed by atoms with Crippen molar-refractivity contribution in [1.82, 2.24) is 0 Å². The molecule has 20 heavy (non-hydrogen) atoms. The zero-order valence-electron chi connectivity index (χ0n) is 11.1. The Hall–Kier alpha value is -2.41. The van der Waals surface area contributed by atoms with Crippen molar-refractivity contribution in [3.05, 3.63) is 47.9 Å². The van der Waals surface area contributed by atoms with Gasteiger partial charge in [-0.15, -0.1) is 0 Å². The van der Waals surface area contributed by atoms with Gasteiger partial charge in [0, 0.05) is 17.7 Å². The van der Waals surface area contributed by atoms with Gasteiger partial charge in [-0.2, -0.15) is 5.26 Å². The van der Waals surface area contributed by atoms with Crippen molar-refractivity contribution in [3.8, 4) is 11.8 Å².